The Bertz CT molecular complexity index is 1190. The van der Waals surface area contributed by atoms with Gasteiger partial charge in [0.2, 0.25) is 0 Å². The van der Waals surface area contributed by atoms with Crippen LogP contribution in [0.15, 0.2) is 77.7 Å². The summed E-state index contributed by atoms with van der Waals surface area (Å²) >= 11 is 0. The molecule has 0 saturated heterocycles. The Kier molecular flexibility index (Phi) is 5.84. The zero-order valence-corrected chi connectivity index (χ0v) is 17.1. The van der Waals surface area contributed by atoms with Crippen LogP contribution in [0, 0.1) is 17.0 Å². The lowest BCUT2D eigenvalue weighted by atomic mass is 10.1. The molecule has 3 aromatic rings. The van der Waals surface area contributed by atoms with Crippen LogP contribution in [-0.2, 0) is 10.0 Å². The third-order valence-electron chi connectivity index (χ3n) is 4.64. The SMILES string of the molecule is Cc1c(NC(=O)c2ccc(N(C)S(=O)(=O)c3ccccc3)cc2)cccc1[N+](=O)[O-]. The first-order valence-corrected chi connectivity index (χ1v) is 10.3. The van der Waals surface area contributed by atoms with Gasteiger partial charge in [-0.3, -0.25) is 19.2 Å². The van der Waals surface area contributed by atoms with Crippen molar-refractivity contribution in [3.63, 3.8) is 0 Å². The van der Waals surface area contributed by atoms with E-state index in [0.29, 0.717) is 16.9 Å². The predicted octanol–water partition coefficient (Wildman–Crippen LogP) is 3.98. The fourth-order valence-electron chi connectivity index (χ4n) is 2.86. The molecule has 8 nitrogen and oxygen atoms in total. The second-order valence-corrected chi connectivity index (χ2v) is 8.46. The van der Waals surface area contributed by atoms with E-state index in [4.69, 9.17) is 0 Å². The van der Waals surface area contributed by atoms with Gasteiger partial charge in [-0.05, 0) is 49.4 Å². The minimum absolute atomic E-state index is 0.0871. The Morgan fingerprint density at radius 1 is 0.967 bits per heavy atom. The standard InChI is InChI=1S/C21H19N3O5S/c1-15-19(9-6-10-20(15)24(26)27)22-21(25)16-11-13-17(14-12-16)23(2)30(28,29)18-7-4-3-5-8-18/h3-14H,1-2H3,(H,22,25). The molecule has 0 aliphatic carbocycles. The maximum absolute atomic E-state index is 12.7. The van der Waals surface area contributed by atoms with Gasteiger partial charge in [0.05, 0.1) is 26.8 Å². The zero-order chi connectivity index (χ0) is 21.9. The van der Waals surface area contributed by atoms with E-state index in [-0.39, 0.29) is 16.1 Å². The number of amides is 1. The van der Waals surface area contributed by atoms with E-state index in [2.05, 4.69) is 5.32 Å². The molecule has 0 aromatic heterocycles. The maximum Gasteiger partial charge on any atom is 0.274 e. The smallest absolute Gasteiger partial charge is 0.274 e. The molecule has 0 spiro atoms. The number of hydrogen-bond donors (Lipinski definition) is 1. The van der Waals surface area contributed by atoms with Crippen molar-refractivity contribution in [3.8, 4) is 0 Å². The number of nitro benzene ring substituents is 1. The van der Waals surface area contributed by atoms with Crippen LogP contribution in [0.5, 0.6) is 0 Å². The summed E-state index contributed by atoms with van der Waals surface area (Å²) < 4.78 is 26.6. The predicted molar refractivity (Wildman–Crippen MR) is 114 cm³/mol. The van der Waals surface area contributed by atoms with Crippen molar-refractivity contribution < 1.29 is 18.1 Å². The van der Waals surface area contributed by atoms with Gasteiger partial charge in [0.15, 0.2) is 0 Å². The number of sulfonamides is 1. The van der Waals surface area contributed by atoms with Gasteiger partial charge in [-0.15, -0.1) is 0 Å². The summed E-state index contributed by atoms with van der Waals surface area (Å²) in [6.07, 6.45) is 0. The number of hydrogen-bond acceptors (Lipinski definition) is 5. The topological polar surface area (TPSA) is 110 Å². The van der Waals surface area contributed by atoms with Crippen molar-refractivity contribution in [1.29, 1.82) is 0 Å². The second-order valence-electron chi connectivity index (χ2n) is 6.49. The van der Waals surface area contributed by atoms with Crippen LogP contribution in [0.2, 0.25) is 0 Å². The van der Waals surface area contributed by atoms with Crippen LogP contribution >= 0.6 is 0 Å². The van der Waals surface area contributed by atoms with Crippen LogP contribution in [0.25, 0.3) is 0 Å². The minimum Gasteiger partial charge on any atom is -0.321 e. The second kappa shape index (κ2) is 8.34. The van der Waals surface area contributed by atoms with E-state index in [1.807, 2.05) is 0 Å². The lowest BCUT2D eigenvalue weighted by Gasteiger charge is -2.19. The summed E-state index contributed by atoms with van der Waals surface area (Å²) in [7, 11) is -2.29. The molecule has 9 heteroatoms. The first-order valence-electron chi connectivity index (χ1n) is 8.91. The quantitative estimate of drug-likeness (QED) is 0.474. The summed E-state index contributed by atoms with van der Waals surface area (Å²) in [6.45, 7) is 1.56. The van der Waals surface area contributed by atoms with E-state index in [0.717, 1.165) is 4.31 Å². The molecule has 1 amide bonds. The fourth-order valence-corrected chi connectivity index (χ4v) is 4.08. The molecule has 30 heavy (non-hydrogen) atoms. The van der Waals surface area contributed by atoms with Gasteiger partial charge in [0.25, 0.3) is 21.6 Å². The van der Waals surface area contributed by atoms with Crippen molar-refractivity contribution >= 4 is 33.0 Å². The molecule has 0 radical (unpaired) electrons. The fraction of sp³-hybridized carbons (Fsp3) is 0.0952. The highest BCUT2D eigenvalue weighted by molar-refractivity contribution is 7.92. The number of anilines is 2. The Morgan fingerprint density at radius 2 is 1.60 bits per heavy atom. The molecule has 0 saturated carbocycles. The maximum atomic E-state index is 12.7. The average molecular weight is 425 g/mol. The highest BCUT2D eigenvalue weighted by atomic mass is 32.2. The summed E-state index contributed by atoms with van der Waals surface area (Å²) in [6, 6.07) is 18.5. The lowest BCUT2D eigenvalue weighted by Crippen LogP contribution is -2.26. The lowest BCUT2D eigenvalue weighted by molar-refractivity contribution is -0.385. The van der Waals surface area contributed by atoms with E-state index < -0.39 is 20.9 Å². The van der Waals surface area contributed by atoms with Crippen LogP contribution in [0.3, 0.4) is 0 Å². The van der Waals surface area contributed by atoms with E-state index in [1.165, 1.54) is 55.6 Å². The van der Waals surface area contributed by atoms with Gasteiger partial charge in [-0.1, -0.05) is 24.3 Å². The van der Waals surface area contributed by atoms with Gasteiger partial charge in [-0.2, -0.15) is 0 Å². The summed E-state index contributed by atoms with van der Waals surface area (Å²) in [5.74, 6) is -0.460. The van der Waals surface area contributed by atoms with Crippen molar-refractivity contribution in [2.75, 3.05) is 16.7 Å². The number of nitro groups is 1. The highest BCUT2D eigenvalue weighted by Crippen LogP contribution is 2.26. The molecular formula is C21H19N3O5S. The largest absolute Gasteiger partial charge is 0.321 e. The molecule has 0 atom stereocenters. The third kappa shape index (κ3) is 4.15. The average Bonchev–Trinajstić information content (AvgIpc) is 2.75. The highest BCUT2D eigenvalue weighted by Gasteiger charge is 2.21. The normalized spacial score (nSPS) is 11.0. The first kappa shape index (κ1) is 21.0. The van der Waals surface area contributed by atoms with Gasteiger partial charge >= 0.3 is 0 Å². The van der Waals surface area contributed by atoms with Gasteiger partial charge < -0.3 is 5.32 Å². The van der Waals surface area contributed by atoms with Crippen molar-refractivity contribution in [3.05, 3.63) is 94.0 Å². The number of rotatable bonds is 6. The Morgan fingerprint density at radius 3 is 2.20 bits per heavy atom. The number of nitrogens with zero attached hydrogens (tertiary/aromatic N) is 2. The van der Waals surface area contributed by atoms with Crippen molar-refractivity contribution in [1.82, 2.24) is 0 Å². The molecule has 0 heterocycles. The number of carbonyl (C=O) groups excluding carboxylic acids is 1. The van der Waals surface area contributed by atoms with Crippen LogP contribution in [-0.4, -0.2) is 26.3 Å². The van der Waals surface area contributed by atoms with Crippen LogP contribution < -0.4 is 9.62 Å². The molecule has 0 aliphatic heterocycles. The van der Waals surface area contributed by atoms with Crippen LogP contribution in [0.4, 0.5) is 17.1 Å². The molecule has 154 valence electrons. The summed E-state index contributed by atoms with van der Waals surface area (Å²) in [5, 5.41) is 13.7. The Labute approximate surface area is 174 Å². The Hall–Kier alpha value is -3.72. The van der Waals surface area contributed by atoms with Gasteiger partial charge in [-0.25, -0.2) is 8.42 Å². The third-order valence-corrected chi connectivity index (χ3v) is 6.44. The zero-order valence-electron chi connectivity index (χ0n) is 16.3. The molecule has 0 aliphatic rings. The number of nitrogens with one attached hydrogen (secondary N) is 1. The molecule has 3 aromatic carbocycles. The van der Waals surface area contributed by atoms with E-state index >= 15 is 0 Å². The molecule has 0 fully saturated rings. The molecule has 1 N–H and O–H groups in total. The molecule has 0 unspecified atom stereocenters. The molecule has 3 rings (SSSR count). The Balaban J connectivity index is 1.80. The van der Waals surface area contributed by atoms with Crippen LogP contribution in [0.1, 0.15) is 15.9 Å². The van der Waals surface area contributed by atoms with Gasteiger partial charge in [0.1, 0.15) is 0 Å². The van der Waals surface area contributed by atoms with E-state index in [1.54, 1.807) is 31.2 Å². The van der Waals surface area contributed by atoms with Crippen molar-refractivity contribution in [2.45, 2.75) is 11.8 Å². The summed E-state index contributed by atoms with van der Waals surface area (Å²) in [4.78, 5) is 23.2. The van der Waals surface area contributed by atoms with Gasteiger partial charge in [0, 0.05) is 18.7 Å². The minimum atomic E-state index is -3.72. The van der Waals surface area contributed by atoms with E-state index in [9.17, 15) is 23.3 Å². The molecular weight excluding hydrogens is 406 g/mol. The van der Waals surface area contributed by atoms with Crippen molar-refractivity contribution in [2.24, 2.45) is 0 Å². The number of benzene rings is 3. The molecule has 0 bridgehead atoms. The number of carbonyl (C=O) groups is 1. The first-order chi connectivity index (χ1) is 14.2. The monoisotopic (exact) mass is 425 g/mol. The summed E-state index contributed by atoms with van der Waals surface area (Å²) in [5.41, 5.74) is 1.27.